The molecule has 0 saturated carbocycles. The van der Waals surface area contributed by atoms with E-state index in [-0.39, 0.29) is 29.6 Å². The molecule has 1 unspecified atom stereocenters. The van der Waals surface area contributed by atoms with Gasteiger partial charge in [0.15, 0.2) is 5.78 Å². The van der Waals surface area contributed by atoms with Crippen molar-refractivity contribution >= 4 is 23.4 Å². The fourth-order valence-electron chi connectivity index (χ4n) is 2.05. The summed E-state index contributed by atoms with van der Waals surface area (Å²) in [4.78, 5) is 22.7. The molecule has 0 N–H and O–H groups in total. The summed E-state index contributed by atoms with van der Waals surface area (Å²) in [6.07, 6.45) is 0.300. The number of carboxylic acids is 1. The van der Waals surface area contributed by atoms with E-state index >= 15 is 0 Å². The first-order valence-corrected chi connectivity index (χ1v) is 6.50. The number of aliphatic carboxylic acids is 1. The molecule has 102 valence electrons. The number of carboxylic acid groups (broad SMARTS) is 1. The number of carbonyl (C=O) groups is 2. The molecule has 0 heterocycles. The number of ketones is 1. The van der Waals surface area contributed by atoms with Gasteiger partial charge in [-0.1, -0.05) is 54.1 Å². The molecule has 3 nitrogen and oxygen atoms in total. The van der Waals surface area contributed by atoms with Crippen molar-refractivity contribution in [2.45, 2.75) is 12.3 Å². The Morgan fingerprint density at radius 3 is 2.10 bits per heavy atom. The molecule has 2 aromatic rings. The Hall–Kier alpha value is -1.13. The Kier molecular flexibility index (Phi) is 7.12. The Bertz CT molecular complexity index is 611. The van der Waals surface area contributed by atoms with Crippen molar-refractivity contribution in [3.8, 4) is 0 Å². The molecule has 0 saturated heterocycles. The molecule has 21 heavy (non-hydrogen) atoms. The van der Waals surface area contributed by atoms with Gasteiger partial charge in [-0.25, -0.2) is 0 Å². The second-order valence-corrected chi connectivity index (χ2v) is 4.88. The predicted octanol–water partition coefficient (Wildman–Crippen LogP) is -1.01. The summed E-state index contributed by atoms with van der Waals surface area (Å²) in [5.74, 6) is -3.32. The quantitative estimate of drug-likeness (QED) is 0.525. The van der Waals surface area contributed by atoms with Crippen molar-refractivity contribution < 1.29 is 44.3 Å². The summed E-state index contributed by atoms with van der Waals surface area (Å²) in [6.45, 7) is 0. The Morgan fingerprint density at radius 1 is 1.00 bits per heavy atom. The average Bonchev–Trinajstić information content (AvgIpc) is 2.47. The molecule has 0 fully saturated rings. The van der Waals surface area contributed by atoms with E-state index < -0.39 is 17.7 Å². The first-order chi connectivity index (χ1) is 9.58. The topological polar surface area (TPSA) is 57.2 Å². The molecule has 0 aliphatic carbocycles. The summed E-state index contributed by atoms with van der Waals surface area (Å²) in [6, 6.07) is 15.8. The Labute approximate surface area is 150 Å². The van der Waals surface area contributed by atoms with E-state index in [1.165, 1.54) is 0 Å². The summed E-state index contributed by atoms with van der Waals surface area (Å²) < 4.78 is 0. The van der Waals surface area contributed by atoms with Crippen molar-refractivity contribution in [2.75, 3.05) is 0 Å². The van der Waals surface area contributed by atoms with Gasteiger partial charge in [0.1, 0.15) is 5.97 Å². The standard InChI is InChI=1S/C16H13ClO3.Na/c17-13-8-6-11(7-9-13)10-14(15(18)16(19)20)12-4-2-1-3-5-12;/h1-9,14H,10H2,(H,19,20);/q;+1/p-1. The van der Waals surface area contributed by atoms with Gasteiger partial charge in [-0.2, -0.15) is 0 Å². The van der Waals surface area contributed by atoms with Gasteiger partial charge in [0.05, 0.1) is 5.92 Å². The van der Waals surface area contributed by atoms with Crippen LogP contribution in [0.2, 0.25) is 5.02 Å². The second-order valence-electron chi connectivity index (χ2n) is 4.45. The van der Waals surface area contributed by atoms with E-state index in [0.29, 0.717) is 17.0 Å². The van der Waals surface area contributed by atoms with E-state index in [9.17, 15) is 14.7 Å². The molecule has 2 rings (SSSR count). The maximum atomic E-state index is 11.8. The third-order valence-electron chi connectivity index (χ3n) is 3.07. The average molecular weight is 311 g/mol. The third-order valence-corrected chi connectivity index (χ3v) is 3.32. The van der Waals surface area contributed by atoms with Crippen molar-refractivity contribution in [2.24, 2.45) is 0 Å². The van der Waals surface area contributed by atoms with Gasteiger partial charge in [0.25, 0.3) is 0 Å². The maximum Gasteiger partial charge on any atom is 1.00 e. The van der Waals surface area contributed by atoms with E-state index in [2.05, 4.69) is 0 Å². The van der Waals surface area contributed by atoms with Crippen LogP contribution in [0.4, 0.5) is 0 Å². The summed E-state index contributed by atoms with van der Waals surface area (Å²) in [7, 11) is 0. The van der Waals surface area contributed by atoms with Crippen LogP contribution in [0.5, 0.6) is 0 Å². The first kappa shape index (κ1) is 17.9. The van der Waals surface area contributed by atoms with Crippen LogP contribution in [-0.4, -0.2) is 11.8 Å². The van der Waals surface area contributed by atoms with Gasteiger partial charge >= 0.3 is 29.6 Å². The molecule has 0 aliphatic heterocycles. The maximum absolute atomic E-state index is 11.8. The Morgan fingerprint density at radius 2 is 1.57 bits per heavy atom. The zero-order valence-electron chi connectivity index (χ0n) is 11.6. The minimum absolute atomic E-state index is 0. The predicted molar refractivity (Wildman–Crippen MR) is 74.4 cm³/mol. The van der Waals surface area contributed by atoms with E-state index in [1.807, 2.05) is 6.07 Å². The van der Waals surface area contributed by atoms with Crippen LogP contribution < -0.4 is 34.7 Å². The molecule has 0 spiro atoms. The van der Waals surface area contributed by atoms with Gasteiger partial charge in [-0.05, 0) is 29.7 Å². The number of hydrogen-bond donors (Lipinski definition) is 0. The van der Waals surface area contributed by atoms with Crippen LogP contribution in [-0.2, 0) is 16.0 Å². The van der Waals surface area contributed by atoms with Crippen molar-refractivity contribution in [1.82, 2.24) is 0 Å². The van der Waals surface area contributed by atoms with Crippen LogP contribution in [0, 0.1) is 0 Å². The molecule has 0 aliphatic rings. The fourth-order valence-corrected chi connectivity index (χ4v) is 2.17. The van der Waals surface area contributed by atoms with Gasteiger partial charge in [-0.3, -0.25) is 4.79 Å². The van der Waals surface area contributed by atoms with Crippen molar-refractivity contribution in [3.05, 3.63) is 70.7 Å². The molecule has 1 atom stereocenters. The molecule has 2 aromatic carbocycles. The van der Waals surface area contributed by atoms with Crippen LogP contribution in [0.1, 0.15) is 17.0 Å². The zero-order valence-corrected chi connectivity index (χ0v) is 14.3. The van der Waals surface area contributed by atoms with Crippen LogP contribution in [0.3, 0.4) is 0 Å². The normalized spacial score (nSPS) is 11.3. The Balaban J connectivity index is 0.00000220. The molecule has 0 aromatic heterocycles. The van der Waals surface area contributed by atoms with Crippen LogP contribution >= 0.6 is 11.6 Å². The van der Waals surface area contributed by atoms with Gasteiger partial charge in [-0.15, -0.1) is 0 Å². The van der Waals surface area contributed by atoms with Gasteiger partial charge in [0.2, 0.25) is 0 Å². The summed E-state index contributed by atoms with van der Waals surface area (Å²) in [5, 5.41) is 11.5. The first-order valence-electron chi connectivity index (χ1n) is 6.12. The monoisotopic (exact) mass is 310 g/mol. The number of halogens is 1. The van der Waals surface area contributed by atoms with E-state index in [1.54, 1.807) is 48.5 Å². The molecule has 0 bridgehead atoms. The molecular formula is C16H12ClNaO3. The largest absolute Gasteiger partial charge is 1.00 e. The number of rotatable bonds is 5. The zero-order chi connectivity index (χ0) is 14.5. The smallest absolute Gasteiger partial charge is 0.542 e. The molecule has 0 amide bonds. The number of hydrogen-bond acceptors (Lipinski definition) is 3. The van der Waals surface area contributed by atoms with Gasteiger partial charge in [0, 0.05) is 5.02 Å². The van der Waals surface area contributed by atoms with Crippen molar-refractivity contribution in [3.63, 3.8) is 0 Å². The second kappa shape index (κ2) is 8.35. The third kappa shape index (κ3) is 4.97. The van der Waals surface area contributed by atoms with Crippen LogP contribution in [0.15, 0.2) is 54.6 Å². The van der Waals surface area contributed by atoms with Gasteiger partial charge < -0.3 is 9.90 Å². The number of carbonyl (C=O) groups excluding carboxylic acids is 2. The molecular weight excluding hydrogens is 299 g/mol. The van der Waals surface area contributed by atoms with E-state index in [0.717, 1.165) is 5.56 Å². The minimum Gasteiger partial charge on any atom is -0.542 e. The number of benzene rings is 2. The van der Waals surface area contributed by atoms with E-state index in [4.69, 9.17) is 11.6 Å². The SMILES string of the molecule is O=C([O-])C(=O)C(Cc1ccc(Cl)cc1)c1ccccc1.[Na+]. The summed E-state index contributed by atoms with van der Waals surface area (Å²) in [5.41, 5.74) is 1.51. The van der Waals surface area contributed by atoms with Crippen molar-refractivity contribution in [1.29, 1.82) is 0 Å². The fraction of sp³-hybridized carbons (Fsp3) is 0.125. The number of Topliss-reactive ketones (excluding diaryl/α,β-unsaturated/α-hetero) is 1. The van der Waals surface area contributed by atoms with Crippen LogP contribution in [0.25, 0.3) is 0 Å². The minimum atomic E-state index is -1.66. The molecule has 5 heteroatoms. The summed E-state index contributed by atoms with van der Waals surface area (Å²) >= 11 is 5.81. The molecule has 0 radical (unpaired) electrons.